The summed E-state index contributed by atoms with van der Waals surface area (Å²) < 4.78 is 48.5. The van der Waals surface area contributed by atoms with E-state index in [1.807, 2.05) is 7.05 Å². The van der Waals surface area contributed by atoms with Crippen LogP contribution >= 0.6 is 0 Å². The van der Waals surface area contributed by atoms with Crippen molar-refractivity contribution in [1.82, 2.24) is 10.1 Å². The fourth-order valence-corrected chi connectivity index (χ4v) is 2.70. The molecule has 1 fully saturated rings. The van der Waals surface area contributed by atoms with Gasteiger partial charge in [-0.25, -0.2) is 0 Å². The quantitative estimate of drug-likeness (QED) is 0.788. The number of hydrogen-bond donors (Lipinski definition) is 1. The van der Waals surface area contributed by atoms with Gasteiger partial charge in [-0.15, -0.1) is 0 Å². The second kappa shape index (κ2) is 7.99. The highest BCUT2D eigenvalue weighted by Gasteiger charge is 2.30. The summed E-state index contributed by atoms with van der Waals surface area (Å²) >= 11 is 0. The van der Waals surface area contributed by atoms with Gasteiger partial charge in [-0.05, 0) is 43.2 Å². The highest BCUT2D eigenvalue weighted by Crippen LogP contribution is 2.30. The predicted octanol–water partition coefficient (Wildman–Crippen LogP) is 3.81. The smallest absolute Gasteiger partial charge is 0.416 e. The van der Waals surface area contributed by atoms with Gasteiger partial charge in [0.2, 0.25) is 5.76 Å². The molecule has 1 aromatic heterocycles. The number of aromatic nitrogens is 1. The highest BCUT2D eigenvalue weighted by atomic mass is 19.4. The number of benzene rings is 1. The molecule has 1 heterocycles. The van der Waals surface area contributed by atoms with E-state index in [0.717, 1.165) is 18.7 Å². The first-order valence-corrected chi connectivity index (χ1v) is 8.61. The molecule has 146 valence electrons. The predicted molar refractivity (Wildman–Crippen MR) is 91.7 cm³/mol. The first-order chi connectivity index (χ1) is 12.8. The molecular formula is C18H20F3N3O3. The Labute approximate surface area is 154 Å². The lowest BCUT2D eigenvalue weighted by Gasteiger charge is -2.34. The minimum absolute atomic E-state index is 0.0100. The van der Waals surface area contributed by atoms with E-state index in [2.05, 4.69) is 15.4 Å². The Kier molecular flexibility index (Phi) is 5.69. The number of nitrogens with zero attached hydrogens (tertiary/aromatic N) is 2. The molecule has 1 aliphatic carbocycles. The summed E-state index contributed by atoms with van der Waals surface area (Å²) in [5.74, 6) is -0.691. The van der Waals surface area contributed by atoms with Crippen LogP contribution in [0.15, 0.2) is 34.9 Å². The zero-order valence-electron chi connectivity index (χ0n) is 14.8. The summed E-state index contributed by atoms with van der Waals surface area (Å²) in [5.41, 5.74) is -0.840. The van der Waals surface area contributed by atoms with Crippen molar-refractivity contribution in [3.05, 3.63) is 41.7 Å². The maximum absolute atomic E-state index is 12.7. The number of alkyl halides is 3. The van der Waals surface area contributed by atoms with Crippen LogP contribution in [0.1, 0.15) is 35.4 Å². The summed E-state index contributed by atoms with van der Waals surface area (Å²) in [6, 6.07) is 6.26. The molecule has 1 aromatic carbocycles. The molecule has 1 N–H and O–H groups in total. The maximum atomic E-state index is 12.7. The first-order valence-electron chi connectivity index (χ1n) is 8.61. The molecule has 6 nitrogen and oxygen atoms in total. The van der Waals surface area contributed by atoms with Crippen LogP contribution in [0, 0.1) is 0 Å². The minimum atomic E-state index is -4.49. The molecule has 1 amide bonds. The first kappa shape index (κ1) is 19.2. The van der Waals surface area contributed by atoms with E-state index in [-0.39, 0.29) is 17.3 Å². The Bertz CT molecular complexity index is 787. The largest absolute Gasteiger partial charge is 0.474 e. The average Bonchev–Trinajstić information content (AvgIpc) is 3.02. The van der Waals surface area contributed by atoms with Crippen LogP contribution in [0.4, 0.5) is 18.9 Å². The lowest BCUT2D eigenvalue weighted by atomic mass is 9.92. The fraction of sp³-hybridized carbons (Fsp3) is 0.444. The summed E-state index contributed by atoms with van der Waals surface area (Å²) in [4.78, 5) is 14.3. The summed E-state index contributed by atoms with van der Waals surface area (Å²) in [5, 5.41) is 6.01. The van der Waals surface area contributed by atoms with Crippen molar-refractivity contribution in [1.29, 1.82) is 0 Å². The van der Waals surface area contributed by atoms with Crippen molar-refractivity contribution in [2.45, 2.75) is 31.5 Å². The molecule has 0 radical (unpaired) electrons. The van der Waals surface area contributed by atoms with E-state index in [9.17, 15) is 18.0 Å². The SMILES string of the molecule is CN(CCOc1cc(C(=O)Nc2cccc(C(F)(F)F)c2)on1)C1CCC1. The van der Waals surface area contributed by atoms with Crippen molar-refractivity contribution < 1.29 is 27.2 Å². The third-order valence-electron chi connectivity index (χ3n) is 4.55. The Morgan fingerprint density at radius 1 is 1.37 bits per heavy atom. The van der Waals surface area contributed by atoms with E-state index in [4.69, 9.17) is 9.26 Å². The molecule has 1 saturated carbocycles. The molecule has 0 bridgehead atoms. The monoisotopic (exact) mass is 383 g/mol. The van der Waals surface area contributed by atoms with Crippen molar-refractivity contribution in [3.63, 3.8) is 0 Å². The number of rotatable bonds is 7. The third kappa shape index (κ3) is 5.00. The number of carbonyl (C=O) groups is 1. The minimum Gasteiger partial charge on any atom is -0.474 e. The number of carbonyl (C=O) groups excluding carboxylic acids is 1. The number of hydrogen-bond acceptors (Lipinski definition) is 5. The molecule has 0 aliphatic heterocycles. The van der Waals surface area contributed by atoms with Gasteiger partial charge in [0.1, 0.15) is 6.61 Å². The highest BCUT2D eigenvalue weighted by molar-refractivity contribution is 6.02. The van der Waals surface area contributed by atoms with Crippen LogP contribution in [-0.4, -0.2) is 42.2 Å². The van der Waals surface area contributed by atoms with Crippen LogP contribution in [0.25, 0.3) is 0 Å². The Balaban J connectivity index is 1.52. The second-order valence-electron chi connectivity index (χ2n) is 6.48. The van der Waals surface area contributed by atoms with Crippen molar-refractivity contribution in [2.24, 2.45) is 0 Å². The van der Waals surface area contributed by atoms with Gasteiger partial charge in [0, 0.05) is 18.3 Å². The van der Waals surface area contributed by atoms with E-state index in [0.29, 0.717) is 12.6 Å². The normalized spacial score (nSPS) is 14.9. The van der Waals surface area contributed by atoms with E-state index < -0.39 is 17.6 Å². The molecule has 1 aliphatic rings. The van der Waals surface area contributed by atoms with Gasteiger partial charge in [0.15, 0.2) is 0 Å². The topological polar surface area (TPSA) is 67.6 Å². The van der Waals surface area contributed by atoms with Gasteiger partial charge in [0.05, 0.1) is 11.6 Å². The van der Waals surface area contributed by atoms with E-state index in [1.54, 1.807) is 0 Å². The Morgan fingerprint density at radius 2 is 2.15 bits per heavy atom. The number of ether oxygens (including phenoxy) is 1. The van der Waals surface area contributed by atoms with Gasteiger partial charge >= 0.3 is 6.18 Å². The molecule has 0 spiro atoms. The second-order valence-corrected chi connectivity index (χ2v) is 6.48. The summed E-state index contributed by atoms with van der Waals surface area (Å²) in [6.07, 6.45) is -0.842. The summed E-state index contributed by atoms with van der Waals surface area (Å²) in [7, 11) is 2.03. The Morgan fingerprint density at radius 3 is 2.81 bits per heavy atom. The molecule has 0 atom stereocenters. The third-order valence-corrected chi connectivity index (χ3v) is 4.55. The fourth-order valence-electron chi connectivity index (χ4n) is 2.70. The number of nitrogens with one attached hydrogen (secondary N) is 1. The lowest BCUT2D eigenvalue weighted by molar-refractivity contribution is -0.137. The van der Waals surface area contributed by atoms with Gasteiger partial charge in [-0.1, -0.05) is 12.5 Å². The average molecular weight is 383 g/mol. The summed E-state index contributed by atoms with van der Waals surface area (Å²) in [6.45, 7) is 1.12. The van der Waals surface area contributed by atoms with Gasteiger partial charge in [-0.2, -0.15) is 13.2 Å². The molecule has 9 heteroatoms. The number of halogens is 3. The van der Waals surface area contributed by atoms with Crippen molar-refractivity contribution in [3.8, 4) is 5.88 Å². The van der Waals surface area contributed by atoms with Crippen molar-refractivity contribution in [2.75, 3.05) is 25.5 Å². The van der Waals surface area contributed by atoms with Crippen LogP contribution in [-0.2, 0) is 6.18 Å². The van der Waals surface area contributed by atoms with Crippen LogP contribution in [0.3, 0.4) is 0 Å². The molecule has 2 aromatic rings. The van der Waals surface area contributed by atoms with Crippen LogP contribution < -0.4 is 10.1 Å². The Hall–Kier alpha value is -2.55. The van der Waals surface area contributed by atoms with E-state index in [1.165, 1.54) is 37.5 Å². The van der Waals surface area contributed by atoms with Crippen LogP contribution in [0.2, 0.25) is 0 Å². The molecule has 0 saturated heterocycles. The van der Waals surface area contributed by atoms with Crippen LogP contribution in [0.5, 0.6) is 5.88 Å². The molecular weight excluding hydrogens is 363 g/mol. The van der Waals surface area contributed by atoms with Gasteiger partial charge in [0.25, 0.3) is 11.8 Å². The maximum Gasteiger partial charge on any atom is 0.416 e. The molecule has 27 heavy (non-hydrogen) atoms. The zero-order valence-corrected chi connectivity index (χ0v) is 14.8. The zero-order chi connectivity index (χ0) is 19.4. The molecule has 0 unspecified atom stereocenters. The van der Waals surface area contributed by atoms with Gasteiger partial charge < -0.3 is 19.5 Å². The lowest BCUT2D eigenvalue weighted by Crippen LogP contribution is -2.39. The number of likely N-dealkylation sites (N-methyl/N-ethyl adjacent to an activating group) is 1. The standard InChI is InChI=1S/C18H20F3N3O3/c1-24(14-6-3-7-14)8-9-26-16-11-15(27-23-16)17(25)22-13-5-2-4-12(10-13)18(19,20)21/h2,4-5,10-11,14H,3,6-9H2,1H3,(H,22,25). The molecule has 3 rings (SSSR count). The van der Waals surface area contributed by atoms with Gasteiger partial charge in [-0.3, -0.25) is 4.79 Å². The number of anilines is 1. The van der Waals surface area contributed by atoms with E-state index >= 15 is 0 Å². The number of amides is 1. The van der Waals surface area contributed by atoms with Crippen molar-refractivity contribution >= 4 is 11.6 Å².